The monoisotopic (exact) mass is 1950 g/mol. The van der Waals surface area contributed by atoms with Crippen LogP contribution in [-0.4, -0.2) is 69.1 Å². The number of hydrogen-bond donors (Lipinski definition) is 1. The Morgan fingerprint density at radius 3 is 1.09 bits per heavy atom. The number of ether oxygens (including phenoxy) is 1. The smallest absolute Gasteiger partial charge is 0.463 e. The van der Waals surface area contributed by atoms with Crippen molar-refractivity contribution in [3.05, 3.63) is 288 Å². The minimum Gasteiger partial charge on any atom is -0.463 e. The molecule has 624 valence electrons. The minimum absolute atomic E-state index is 0.0150. The maximum Gasteiger partial charge on any atom is 0.495 e. The Bertz CT molecular complexity index is 4710. The number of nitrogens with zero attached hydrogens (tertiary/aromatic N) is 4. The lowest BCUT2D eigenvalue weighted by Crippen LogP contribution is -2.41. The summed E-state index contributed by atoms with van der Waals surface area (Å²) in [5.41, 5.74) is 20.0. The molecule has 8 aromatic rings. The number of nitrogens with two attached hydrogens (primary N) is 1. The molecule has 0 bridgehead atoms. The highest BCUT2D eigenvalue weighted by atomic mass is 79.9. The molecule has 0 amide bonds. The van der Waals surface area contributed by atoms with Gasteiger partial charge in [0.1, 0.15) is 6.61 Å². The van der Waals surface area contributed by atoms with Crippen LogP contribution >= 0.6 is 141 Å². The third-order valence-corrected chi connectivity index (χ3v) is 21.5. The molecule has 0 radical (unpaired) electrons. The molecule has 1 heterocycles. The van der Waals surface area contributed by atoms with Crippen molar-refractivity contribution < 1.29 is 76.9 Å². The van der Waals surface area contributed by atoms with E-state index in [0.29, 0.717) is 60.3 Å². The molecule has 25 nitrogen and oxygen atoms in total. The van der Waals surface area contributed by atoms with Crippen LogP contribution in [0.4, 0.5) is 28.4 Å². The molecule has 0 aromatic heterocycles. The molecule has 116 heavy (non-hydrogen) atoms. The summed E-state index contributed by atoms with van der Waals surface area (Å²) >= 11 is 57.0. The number of nitro benzene ring substituents is 4. The quantitative estimate of drug-likeness (QED) is 0.0264. The first-order valence-corrected chi connectivity index (χ1v) is 39.0. The highest BCUT2D eigenvalue weighted by Gasteiger charge is 2.52. The first-order chi connectivity index (χ1) is 54.0. The first kappa shape index (κ1) is 112. The van der Waals surface area contributed by atoms with Crippen molar-refractivity contribution in [2.24, 2.45) is 0 Å². The van der Waals surface area contributed by atoms with Crippen molar-refractivity contribution in [3.63, 3.8) is 0 Å². The number of benzene rings is 8. The summed E-state index contributed by atoms with van der Waals surface area (Å²) in [6, 6.07) is 29.9. The summed E-state index contributed by atoms with van der Waals surface area (Å²) in [4.78, 5) is 115. The zero-order chi connectivity index (χ0) is 90.4. The summed E-state index contributed by atoms with van der Waals surface area (Å²) in [5, 5.41) is 46.7. The lowest BCUT2D eigenvalue weighted by molar-refractivity contribution is -0.385. The number of allylic oxidation sites excluding steroid dienone is 1. The molecule has 1 saturated heterocycles. The summed E-state index contributed by atoms with van der Waals surface area (Å²) in [6.07, 6.45) is 7.01. The molecule has 2 N–H and O–H groups in total. The summed E-state index contributed by atoms with van der Waals surface area (Å²) in [7, 11) is -0.339. The van der Waals surface area contributed by atoms with Gasteiger partial charge in [0.15, 0.2) is 0 Å². The Labute approximate surface area is 737 Å². The predicted octanol–water partition coefficient (Wildman–Crippen LogP) is 23.3. The van der Waals surface area contributed by atoms with Gasteiger partial charge in [-0.25, -0.2) is 0 Å². The van der Waals surface area contributed by atoms with Crippen LogP contribution in [0.2, 0.25) is 40.2 Å². The molecule has 9 rings (SSSR count). The molecular formula is C79H83BBr3Cl8N5O20. The van der Waals surface area contributed by atoms with Gasteiger partial charge in [-0.1, -0.05) is 172 Å². The average molecular weight is 1960 g/mol. The van der Waals surface area contributed by atoms with Gasteiger partial charge in [0.05, 0.1) is 56.0 Å². The molecule has 0 saturated carbocycles. The first-order valence-electron chi connectivity index (χ1n) is 33.6. The highest BCUT2D eigenvalue weighted by molar-refractivity contribution is 9.11. The van der Waals surface area contributed by atoms with E-state index < -0.39 is 19.7 Å². The standard InChI is InChI=1S/C15H22BClO2.C10H10ClNO2.C9H10BrCl.C9H8ClNO4.C9H10ClNO2.C9H12ClN.C7H5BrClNO2.C7H6BrCl.4CO2/c1-7-11-8-10(2)12(9-13(11)17)16-18-14(3,4)15(5,6)19-16;1-3-4-8-5-7(2)10(12(13)14)6-9(8)11;1-3-7-4-6(2)8(10)5-9(7)11;1-6-2-7(4-15-5-12)8(10)3-9(6)11(13)14;1-3-7-4-6(2)9(11(12)13)5-8(7)10;1-3-7-4-6(2)9(11)5-8(7)10;1-4-2-5(8)6(9)3-7(4)10(11)12;1-5-2-3-7(9)6(8)4-5;4*2-1-3/h8-9H,7H2,1-6H3;3,5-6H,1,4H2,2H3;4-5H,3H2,1-2H3;2-3,5H,4H2,1H3;4-5H,3H2,1-2H3;4-5H,3,11H2,1-2H3;2-3H,1H3;2-4H,1H3;;;;. The lowest BCUT2D eigenvalue weighted by atomic mass is 9.75. The molecule has 8 aromatic carbocycles. The van der Waals surface area contributed by atoms with Gasteiger partial charge in [0, 0.05) is 86.3 Å². The van der Waals surface area contributed by atoms with Crippen molar-refractivity contribution in [1.29, 1.82) is 0 Å². The zero-order valence-corrected chi connectivity index (χ0v) is 76.5. The van der Waals surface area contributed by atoms with E-state index in [1.54, 1.807) is 52.0 Å². The van der Waals surface area contributed by atoms with Gasteiger partial charge in [-0.3, -0.25) is 45.3 Å². The third kappa shape index (κ3) is 39.7. The normalized spacial score (nSPS) is 11.0. The van der Waals surface area contributed by atoms with E-state index in [9.17, 15) is 45.3 Å². The van der Waals surface area contributed by atoms with Crippen LogP contribution < -0.4 is 11.2 Å². The van der Waals surface area contributed by atoms with Gasteiger partial charge in [-0.2, -0.15) is 38.4 Å². The fourth-order valence-corrected chi connectivity index (χ4v) is 12.7. The number of aryl methyl sites for hydroxylation is 12. The van der Waals surface area contributed by atoms with Crippen LogP contribution in [-0.2, 0) is 95.9 Å². The Morgan fingerprint density at radius 2 is 0.724 bits per heavy atom. The van der Waals surface area contributed by atoms with E-state index in [0.717, 1.165) is 82.6 Å². The van der Waals surface area contributed by atoms with Gasteiger partial charge in [0.2, 0.25) is 0 Å². The van der Waals surface area contributed by atoms with Crippen LogP contribution in [0.15, 0.2) is 129 Å². The lowest BCUT2D eigenvalue weighted by Gasteiger charge is -2.32. The maximum atomic E-state index is 10.6. The number of nitrogen functional groups attached to an aromatic ring is 1. The van der Waals surface area contributed by atoms with Gasteiger partial charge in [-0.05, 0) is 252 Å². The third-order valence-electron chi connectivity index (χ3n) is 16.1. The second-order valence-corrected chi connectivity index (χ2v) is 30.5. The van der Waals surface area contributed by atoms with E-state index >= 15 is 0 Å². The van der Waals surface area contributed by atoms with Crippen LogP contribution in [0, 0.1) is 95.8 Å². The molecule has 0 spiro atoms. The van der Waals surface area contributed by atoms with Crippen molar-refractivity contribution >= 4 is 213 Å². The van der Waals surface area contributed by atoms with Crippen LogP contribution in [0.5, 0.6) is 0 Å². The number of halogens is 11. The second kappa shape index (κ2) is 57.7. The van der Waals surface area contributed by atoms with Crippen molar-refractivity contribution in [1.82, 2.24) is 0 Å². The summed E-state index contributed by atoms with van der Waals surface area (Å²) in [5.74, 6) is 0. The Morgan fingerprint density at radius 1 is 0.422 bits per heavy atom. The van der Waals surface area contributed by atoms with E-state index in [4.69, 9.17) is 146 Å². The topological polar surface area (TPSA) is 380 Å². The molecule has 1 aliphatic rings. The van der Waals surface area contributed by atoms with Crippen LogP contribution in [0.25, 0.3) is 0 Å². The second-order valence-electron chi connectivity index (χ2n) is 24.7. The molecule has 1 fully saturated rings. The fraction of sp³-hybridized carbons (Fsp3) is 0.304. The Hall–Kier alpha value is -8.37. The van der Waals surface area contributed by atoms with E-state index in [-0.39, 0.29) is 77.3 Å². The Kier molecular flexibility index (Phi) is 55.6. The summed E-state index contributed by atoms with van der Waals surface area (Å²) in [6.45, 7) is 35.2. The van der Waals surface area contributed by atoms with Gasteiger partial charge >= 0.3 is 31.7 Å². The van der Waals surface area contributed by atoms with E-state index in [2.05, 4.69) is 134 Å². The molecule has 1 aliphatic heterocycles. The van der Waals surface area contributed by atoms with E-state index in [1.165, 1.54) is 63.7 Å². The number of hydrogen-bond acceptors (Lipinski definition) is 21. The number of carbonyl (C=O) groups excluding carboxylic acids is 9. The molecule has 0 atom stereocenters. The zero-order valence-electron chi connectivity index (χ0n) is 65.7. The largest absolute Gasteiger partial charge is 0.495 e. The average Bonchev–Trinajstić information content (AvgIpc) is 1.61. The minimum atomic E-state index is -0.508. The number of carbonyl (C=O) groups is 1. The van der Waals surface area contributed by atoms with Crippen molar-refractivity contribution in [3.8, 4) is 0 Å². The van der Waals surface area contributed by atoms with Crippen LogP contribution in [0.1, 0.15) is 133 Å². The van der Waals surface area contributed by atoms with Gasteiger partial charge in [0.25, 0.3) is 29.2 Å². The van der Waals surface area contributed by atoms with Crippen molar-refractivity contribution in [2.45, 2.75) is 161 Å². The maximum absolute atomic E-state index is 10.6. The number of anilines is 1. The number of nitro groups is 4. The Balaban J connectivity index is -0.00000124. The van der Waals surface area contributed by atoms with Gasteiger partial charge in [-0.15, -0.1) is 6.58 Å². The summed E-state index contributed by atoms with van der Waals surface area (Å²) < 4.78 is 19.4. The molecule has 37 heteroatoms. The number of rotatable bonds is 14. The molecular weight excluding hydrogens is 1870 g/mol. The SMILES string of the molecule is C=CCc1cc(C)c([N+](=O)[O-])cc1Cl.CCc1cc(C)c(B2OC(C)(C)C(C)(C)O2)cc1Cl.CCc1cc(C)c(Br)cc1Cl.CCc1cc(C)c(N)cc1Cl.CCc1cc(C)c([N+](=O)[O-])cc1Cl.Cc1cc(Br)c(Cl)cc1[N+](=O)[O-].Cc1cc(COC=O)c(Cl)cc1[N+](=O)[O-].Cc1ccc(Cl)c(Br)c1.O=C=O.O=C=O.O=C=O.O=C=O. The molecule has 0 unspecified atom stereocenters. The highest BCUT2D eigenvalue weighted by Crippen LogP contribution is 2.38. The predicted molar refractivity (Wildman–Crippen MR) is 462 cm³/mol. The van der Waals surface area contributed by atoms with Gasteiger partial charge < -0.3 is 19.8 Å². The van der Waals surface area contributed by atoms with E-state index in [1.807, 2.05) is 63.2 Å². The van der Waals surface area contributed by atoms with Crippen molar-refractivity contribution in [2.75, 3.05) is 5.73 Å². The fourth-order valence-electron chi connectivity index (χ4n) is 9.30. The van der Waals surface area contributed by atoms with Crippen LogP contribution in [0.3, 0.4) is 0 Å². The molecule has 0 aliphatic carbocycles.